The first kappa shape index (κ1) is 13.6. The lowest BCUT2D eigenvalue weighted by molar-refractivity contribution is -0.147. The van der Waals surface area contributed by atoms with Crippen LogP contribution in [-0.4, -0.2) is 17.2 Å². The summed E-state index contributed by atoms with van der Waals surface area (Å²) in [7, 11) is 0. The van der Waals surface area contributed by atoms with E-state index in [0.29, 0.717) is 10.8 Å². The Labute approximate surface area is 113 Å². The topological polar surface area (TPSA) is 46.5 Å². The van der Waals surface area contributed by atoms with Crippen LogP contribution < -0.4 is 4.74 Å². The minimum atomic E-state index is -0.958. The summed E-state index contributed by atoms with van der Waals surface area (Å²) < 4.78 is 6.26. The van der Waals surface area contributed by atoms with Crippen molar-refractivity contribution in [2.24, 2.45) is 5.92 Å². The van der Waals surface area contributed by atoms with E-state index in [4.69, 9.17) is 21.4 Å². The Balaban J connectivity index is 2.90. The highest BCUT2D eigenvalue weighted by Gasteiger charge is 2.24. The molecule has 0 radical (unpaired) electrons. The number of hydrogen-bond acceptors (Lipinski definition) is 2. The molecule has 0 saturated heterocycles. The third-order valence-electron chi connectivity index (χ3n) is 2.00. The molecular formula is C11H12ClIO3. The maximum absolute atomic E-state index is 11.0. The van der Waals surface area contributed by atoms with Gasteiger partial charge in [-0.3, -0.25) is 0 Å². The standard InChI is InChI=1S/C11H12ClIO3/c1-6(2)10(11(14)15)16-9-4-3-7(12)5-8(9)13/h3-6,10H,1-2H3,(H,14,15). The van der Waals surface area contributed by atoms with Gasteiger partial charge in [0.25, 0.3) is 0 Å². The van der Waals surface area contributed by atoms with Crippen molar-refractivity contribution in [2.75, 3.05) is 0 Å². The Bertz CT molecular complexity index is 393. The van der Waals surface area contributed by atoms with Gasteiger partial charge in [-0.2, -0.15) is 0 Å². The van der Waals surface area contributed by atoms with E-state index < -0.39 is 12.1 Å². The molecule has 1 unspecified atom stereocenters. The van der Waals surface area contributed by atoms with Gasteiger partial charge in [0, 0.05) is 10.9 Å². The number of carbonyl (C=O) groups is 1. The highest BCUT2D eigenvalue weighted by molar-refractivity contribution is 14.1. The predicted molar refractivity (Wildman–Crippen MR) is 71.1 cm³/mol. The Morgan fingerprint density at radius 3 is 2.56 bits per heavy atom. The number of rotatable bonds is 4. The molecule has 0 aliphatic rings. The maximum Gasteiger partial charge on any atom is 0.345 e. The fourth-order valence-corrected chi connectivity index (χ4v) is 2.18. The van der Waals surface area contributed by atoms with E-state index in [1.54, 1.807) is 18.2 Å². The monoisotopic (exact) mass is 354 g/mol. The Kier molecular flexibility index (Phi) is 4.86. The van der Waals surface area contributed by atoms with Gasteiger partial charge < -0.3 is 9.84 Å². The molecule has 0 aromatic heterocycles. The molecule has 0 saturated carbocycles. The summed E-state index contributed by atoms with van der Waals surface area (Å²) >= 11 is 7.87. The number of benzene rings is 1. The van der Waals surface area contributed by atoms with Gasteiger partial charge in [0.15, 0.2) is 6.10 Å². The second kappa shape index (κ2) is 5.72. The van der Waals surface area contributed by atoms with Crippen LogP contribution in [0.1, 0.15) is 13.8 Å². The average molecular weight is 355 g/mol. The molecule has 88 valence electrons. The number of halogens is 2. The lowest BCUT2D eigenvalue weighted by Gasteiger charge is -2.19. The van der Waals surface area contributed by atoms with Gasteiger partial charge in [-0.25, -0.2) is 4.79 Å². The molecule has 1 rings (SSSR count). The summed E-state index contributed by atoms with van der Waals surface area (Å²) in [5, 5.41) is 9.60. The summed E-state index contributed by atoms with van der Waals surface area (Å²) in [5.74, 6) is -0.504. The van der Waals surface area contributed by atoms with Crippen LogP contribution in [0, 0.1) is 9.49 Å². The smallest absolute Gasteiger partial charge is 0.345 e. The maximum atomic E-state index is 11.0. The largest absolute Gasteiger partial charge is 0.478 e. The lowest BCUT2D eigenvalue weighted by Crippen LogP contribution is -2.32. The molecule has 5 heteroatoms. The molecule has 0 bridgehead atoms. The lowest BCUT2D eigenvalue weighted by atomic mass is 10.1. The van der Waals surface area contributed by atoms with Crippen molar-refractivity contribution in [3.8, 4) is 5.75 Å². The molecule has 1 aromatic rings. The molecule has 1 aromatic carbocycles. The molecule has 0 aliphatic heterocycles. The molecule has 0 spiro atoms. The molecule has 0 heterocycles. The zero-order valence-corrected chi connectivity index (χ0v) is 11.8. The van der Waals surface area contributed by atoms with Gasteiger partial charge in [-0.15, -0.1) is 0 Å². The van der Waals surface area contributed by atoms with Crippen molar-refractivity contribution in [3.63, 3.8) is 0 Å². The molecule has 1 N–H and O–H groups in total. The highest BCUT2D eigenvalue weighted by Crippen LogP contribution is 2.26. The quantitative estimate of drug-likeness (QED) is 0.843. The minimum Gasteiger partial charge on any atom is -0.478 e. The highest BCUT2D eigenvalue weighted by atomic mass is 127. The van der Waals surface area contributed by atoms with Crippen LogP contribution in [0.3, 0.4) is 0 Å². The second-order valence-corrected chi connectivity index (χ2v) is 5.29. The van der Waals surface area contributed by atoms with Gasteiger partial charge >= 0.3 is 5.97 Å². The van der Waals surface area contributed by atoms with E-state index in [0.717, 1.165) is 3.57 Å². The normalized spacial score (nSPS) is 12.6. The zero-order valence-electron chi connectivity index (χ0n) is 8.91. The summed E-state index contributed by atoms with van der Waals surface area (Å²) in [4.78, 5) is 11.0. The van der Waals surface area contributed by atoms with Crippen LogP contribution in [0.25, 0.3) is 0 Å². The molecule has 0 aliphatic carbocycles. The van der Waals surface area contributed by atoms with Gasteiger partial charge in [0.2, 0.25) is 0 Å². The van der Waals surface area contributed by atoms with Gasteiger partial charge in [0.1, 0.15) is 5.75 Å². The first-order valence-corrected chi connectivity index (χ1v) is 6.22. The van der Waals surface area contributed by atoms with Crippen molar-refractivity contribution in [1.29, 1.82) is 0 Å². The van der Waals surface area contributed by atoms with E-state index in [9.17, 15) is 4.79 Å². The fourth-order valence-electron chi connectivity index (χ4n) is 1.18. The Hall–Kier alpha value is -0.490. The van der Waals surface area contributed by atoms with E-state index in [1.165, 1.54) is 0 Å². The van der Waals surface area contributed by atoms with E-state index in [2.05, 4.69) is 22.6 Å². The van der Waals surface area contributed by atoms with Crippen LogP contribution >= 0.6 is 34.2 Å². The number of carboxylic acid groups (broad SMARTS) is 1. The van der Waals surface area contributed by atoms with Crippen LogP contribution in [0.2, 0.25) is 5.02 Å². The van der Waals surface area contributed by atoms with Crippen LogP contribution in [-0.2, 0) is 4.79 Å². The van der Waals surface area contributed by atoms with E-state index >= 15 is 0 Å². The first-order valence-electron chi connectivity index (χ1n) is 4.76. The van der Waals surface area contributed by atoms with Gasteiger partial charge in [0.05, 0.1) is 3.57 Å². The van der Waals surface area contributed by atoms with E-state index in [1.807, 2.05) is 13.8 Å². The van der Waals surface area contributed by atoms with Crippen LogP contribution in [0.15, 0.2) is 18.2 Å². The third kappa shape index (κ3) is 3.52. The fraction of sp³-hybridized carbons (Fsp3) is 0.364. The van der Waals surface area contributed by atoms with Crippen molar-refractivity contribution >= 4 is 40.2 Å². The van der Waals surface area contributed by atoms with E-state index in [-0.39, 0.29) is 5.92 Å². The summed E-state index contributed by atoms with van der Waals surface area (Å²) in [6.07, 6.45) is -0.838. The second-order valence-electron chi connectivity index (χ2n) is 3.70. The van der Waals surface area contributed by atoms with Gasteiger partial charge in [-0.05, 0) is 40.8 Å². The first-order chi connectivity index (χ1) is 7.41. The van der Waals surface area contributed by atoms with Crippen molar-refractivity contribution < 1.29 is 14.6 Å². The van der Waals surface area contributed by atoms with Gasteiger partial charge in [-0.1, -0.05) is 25.4 Å². The molecule has 1 atom stereocenters. The molecule has 3 nitrogen and oxygen atoms in total. The van der Waals surface area contributed by atoms with Crippen LogP contribution in [0.5, 0.6) is 5.75 Å². The number of ether oxygens (including phenoxy) is 1. The molecule has 16 heavy (non-hydrogen) atoms. The molecule has 0 fully saturated rings. The van der Waals surface area contributed by atoms with Crippen molar-refractivity contribution in [3.05, 3.63) is 26.8 Å². The average Bonchev–Trinajstić information content (AvgIpc) is 2.15. The summed E-state index contributed by atoms with van der Waals surface area (Å²) in [6.45, 7) is 3.61. The van der Waals surface area contributed by atoms with Crippen molar-refractivity contribution in [1.82, 2.24) is 0 Å². The number of aliphatic carboxylic acids is 1. The summed E-state index contributed by atoms with van der Waals surface area (Å²) in [5.41, 5.74) is 0. The zero-order chi connectivity index (χ0) is 12.3. The van der Waals surface area contributed by atoms with Crippen molar-refractivity contribution in [2.45, 2.75) is 20.0 Å². The molecular weight excluding hydrogens is 342 g/mol. The third-order valence-corrected chi connectivity index (χ3v) is 3.07. The molecule has 0 amide bonds. The SMILES string of the molecule is CC(C)C(Oc1ccc(Cl)cc1I)C(=O)O. The number of hydrogen-bond donors (Lipinski definition) is 1. The minimum absolute atomic E-state index is 0.0935. The number of carboxylic acids is 1. The Morgan fingerprint density at radius 1 is 1.50 bits per heavy atom. The Morgan fingerprint density at radius 2 is 2.12 bits per heavy atom. The summed E-state index contributed by atoms with van der Waals surface area (Å²) in [6, 6.07) is 5.09. The predicted octanol–water partition coefficient (Wildman–Crippen LogP) is 3.43. The van der Waals surface area contributed by atoms with Crippen LogP contribution in [0.4, 0.5) is 0 Å².